The minimum absolute atomic E-state index is 0. The Labute approximate surface area is 213 Å². The van der Waals surface area contributed by atoms with Gasteiger partial charge in [-0.3, -0.25) is 0 Å². The van der Waals surface area contributed by atoms with E-state index < -0.39 is 22.1 Å². The molecule has 178 valence electrons. The van der Waals surface area contributed by atoms with Crippen molar-refractivity contribution in [2.45, 2.75) is 44.5 Å². The van der Waals surface area contributed by atoms with Gasteiger partial charge < -0.3 is 17.9 Å². The molecule has 2 atom stereocenters. The molecule has 3 rings (SSSR count). The molecule has 0 bridgehead atoms. The fourth-order valence-corrected chi connectivity index (χ4v) is 4.92. The van der Waals surface area contributed by atoms with E-state index in [1.165, 1.54) is 5.56 Å². The van der Waals surface area contributed by atoms with Crippen molar-refractivity contribution in [2.24, 2.45) is 0 Å². The molecule has 0 radical (unpaired) electrons. The van der Waals surface area contributed by atoms with Crippen molar-refractivity contribution < 1.29 is 25.7 Å². The van der Waals surface area contributed by atoms with Gasteiger partial charge in [-0.1, -0.05) is 104 Å². The summed E-state index contributed by atoms with van der Waals surface area (Å²) in [6.07, 6.45) is 1.68. The molecule has 0 aliphatic carbocycles. The summed E-state index contributed by atoms with van der Waals surface area (Å²) < 4.78 is 30.4. The van der Waals surface area contributed by atoms with Crippen molar-refractivity contribution in [3.63, 3.8) is 0 Å². The third kappa shape index (κ3) is 8.62. The van der Waals surface area contributed by atoms with Gasteiger partial charge in [0.15, 0.2) is 0 Å². The minimum atomic E-state index is -3.78. The van der Waals surface area contributed by atoms with Gasteiger partial charge in [0, 0.05) is 0 Å². The standard InChI is InChI=1S/C25H28N2O2S.CH3.ClH.Ru/c1-3-19-15-16-23(20(4-2)17-19)18-30(28,29)27-25(22-13-9-6-10-14-22)24(26)21-11-7-5-8-12-21;;;/h5-17,24-26H,3-4,18H2,1-2H3;1H3;1H;/q-2;-1;;+4/p-1. The molecule has 33 heavy (non-hydrogen) atoms. The van der Waals surface area contributed by atoms with Gasteiger partial charge >= 0.3 is 27.0 Å². The number of rotatable bonds is 9. The number of aryl methyl sites for hydroxylation is 2. The Morgan fingerprint density at radius 2 is 1.39 bits per heavy atom. The second-order valence-corrected chi connectivity index (χ2v) is 9.05. The number of hydrogen-bond acceptors (Lipinski definition) is 2. The number of sulfonamides is 1. The number of halogens is 1. The van der Waals surface area contributed by atoms with Gasteiger partial charge in [0.2, 0.25) is 0 Å². The molecular formula is C26H31ClN2O2RuS. The Morgan fingerprint density at radius 3 is 1.91 bits per heavy atom. The predicted molar refractivity (Wildman–Crippen MR) is 136 cm³/mol. The number of nitrogens with zero attached hydrogens (tertiary/aromatic N) is 1. The van der Waals surface area contributed by atoms with Crippen LogP contribution in [0.25, 0.3) is 10.5 Å². The van der Waals surface area contributed by atoms with Gasteiger partial charge in [-0.2, -0.15) is 0 Å². The molecule has 7 heteroatoms. The van der Waals surface area contributed by atoms with Crippen LogP contribution in [0, 0.1) is 7.43 Å². The van der Waals surface area contributed by atoms with Gasteiger partial charge in [-0.15, -0.1) is 12.1 Å². The maximum absolute atomic E-state index is 13.1. The Bertz CT molecular complexity index is 1060. The molecule has 2 unspecified atom stereocenters. The van der Waals surface area contributed by atoms with Crippen LogP contribution in [-0.4, -0.2) is 8.42 Å². The van der Waals surface area contributed by atoms with Crippen LogP contribution < -0.4 is 0 Å². The van der Waals surface area contributed by atoms with Gasteiger partial charge in [-0.05, 0) is 29.5 Å². The first-order valence-electron chi connectivity index (χ1n) is 10.4. The fourth-order valence-electron chi connectivity index (χ4n) is 3.58. The van der Waals surface area contributed by atoms with E-state index >= 15 is 0 Å². The second kappa shape index (κ2) is 14.7. The summed E-state index contributed by atoms with van der Waals surface area (Å²) in [5, 5.41) is 0. The van der Waals surface area contributed by atoms with E-state index in [9.17, 15) is 8.42 Å². The summed E-state index contributed by atoms with van der Waals surface area (Å²) in [7, 11) is 0.787. The first-order valence-corrected chi connectivity index (χ1v) is 14.3. The van der Waals surface area contributed by atoms with E-state index in [2.05, 4.69) is 27.4 Å². The number of benzene rings is 3. The van der Waals surface area contributed by atoms with E-state index in [0.717, 1.165) is 35.1 Å². The van der Waals surface area contributed by atoms with Crippen LogP contribution in [0.2, 0.25) is 0 Å². The Balaban J connectivity index is 0.00000177. The predicted octanol–water partition coefficient (Wildman–Crippen LogP) is 7.69. The quantitative estimate of drug-likeness (QED) is 0.195. The molecule has 0 aromatic heterocycles. The van der Waals surface area contributed by atoms with E-state index in [0.29, 0.717) is 0 Å². The summed E-state index contributed by atoms with van der Waals surface area (Å²) in [5.74, 6) is -0.148. The van der Waals surface area contributed by atoms with Crippen molar-refractivity contribution in [3.05, 3.63) is 125 Å². The van der Waals surface area contributed by atoms with Crippen molar-refractivity contribution in [3.8, 4) is 0 Å². The average Bonchev–Trinajstić information content (AvgIpc) is 2.84. The first-order chi connectivity index (χ1) is 15.4. The van der Waals surface area contributed by atoms with Crippen LogP contribution in [0.5, 0.6) is 0 Å². The molecule has 0 spiro atoms. The van der Waals surface area contributed by atoms with Gasteiger partial charge in [0.05, 0.1) is 15.8 Å². The molecule has 0 fully saturated rings. The maximum atomic E-state index is 13.1. The van der Waals surface area contributed by atoms with Gasteiger partial charge in [-0.25, -0.2) is 8.42 Å². The first kappa shape index (κ1) is 29.5. The fraction of sp³-hybridized carbons (Fsp3) is 0.269. The molecule has 0 amide bonds. The Hall–Kier alpha value is -1.56. The molecule has 3 aromatic carbocycles. The van der Waals surface area contributed by atoms with Crippen LogP contribution in [-0.2, 0) is 45.9 Å². The van der Waals surface area contributed by atoms with Crippen LogP contribution in [0.3, 0.4) is 0 Å². The molecular weight excluding hydrogens is 541 g/mol. The van der Waals surface area contributed by atoms with Gasteiger partial charge in [0.25, 0.3) is 0 Å². The van der Waals surface area contributed by atoms with E-state index in [1.807, 2.05) is 97.0 Å². The van der Waals surface area contributed by atoms with E-state index in [4.69, 9.17) is 5.73 Å². The summed E-state index contributed by atoms with van der Waals surface area (Å²) in [5.41, 5.74) is 13.2. The summed E-state index contributed by atoms with van der Waals surface area (Å²) in [4.78, 5) is 0. The van der Waals surface area contributed by atoms with Crippen LogP contribution in [0.4, 0.5) is 0 Å². The number of hydrogen-bond donors (Lipinski definition) is 0. The SMILES string of the molecule is CCc1ccc(CS(=O)(=O)[N-]C(c2ccccc2)C([NH-])c2ccccc2)c(CC)c1.[CH3-].[Cl][Ru+3]. The zero-order valence-electron chi connectivity index (χ0n) is 19.2. The summed E-state index contributed by atoms with van der Waals surface area (Å²) in [6.45, 7) is 4.12. The van der Waals surface area contributed by atoms with Crippen molar-refractivity contribution >= 4 is 19.7 Å². The Morgan fingerprint density at radius 1 is 0.848 bits per heavy atom. The molecule has 0 saturated carbocycles. The third-order valence-corrected chi connectivity index (χ3v) is 6.51. The van der Waals surface area contributed by atoms with Crippen molar-refractivity contribution in [1.29, 1.82) is 0 Å². The molecule has 0 aliphatic heterocycles. The Kier molecular flexibility index (Phi) is 13.1. The zero-order chi connectivity index (χ0) is 23.6. The average molecular weight is 572 g/mol. The third-order valence-electron chi connectivity index (χ3n) is 5.29. The molecule has 0 aliphatic rings. The normalized spacial score (nSPS) is 12.6. The monoisotopic (exact) mass is 572 g/mol. The molecule has 4 nitrogen and oxygen atoms in total. The van der Waals surface area contributed by atoms with Crippen molar-refractivity contribution in [2.75, 3.05) is 0 Å². The summed E-state index contributed by atoms with van der Waals surface area (Å²) >= 11 is 1.82. The molecule has 3 aromatic rings. The van der Waals surface area contributed by atoms with Gasteiger partial charge in [0.1, 0.15) is 0 Å². The van der Waals surface area contributed by atoms with E-state index in [1.54, 1.807) is 0 Å². The van der Waals surface area contributed by atoms with Crippen LogP contribution >= 0.6 is 9.69 Å². The van der Waals surface area contributed by atoms with Crippen molar-refractivity contribution in [1.82, 2.24) is 0 Å². The van der Waals surface area contributed by atoms with E-state index in [-0.39, 0.29) is 13.2 Å². The molecule has 1 N–H and O–H groups in total. The van der Waals surface area contributed by atoms with Crippen LogP contribution in [0.1, 0.15) is 53.7 Å². The van der Waals surface area contributed by atoms with Crippen LogP contribution in [0.15, 0.2) is 78.9 Å². The molecule has 0 heterocycles. The summed E-state index contributed by atoms with van der Waals surface area (Å²) in [6, 6.07) is 22.9. The second-order valence-electron chi connectivity index (χ2n) is 7.39. The topological polar surface area (TPSA) is 72.0 Å². The zero-order valence-corrected chi connectivity index (χ0v) is 22.5. The number of nitrogens with one attached hydrogen (secondary N) is 1. The molecule has 0 saturated heterocycles.